The number of nitrogens with zero attached hydrogens (tertiary/aromatic N) is 6. The summed E-state index contributed by atoms with van der Waals surface area (Å²) in [5.74, 6) is 1.00. The van der Waals surface area contributed by atoms with Gasteiger partial charge in [-0.25, -0.2) is 9.97 Å². The van der Waals surface area contributed by atoms with Crippen LogP contribution in [0.15, 0.2) is 60.9 Å². The van der Waals surface area contributed by atoms with Crippen LogP contribution < -0.4 is 9.80 Å². The van der Waals surface area contributed by atoms with Gasteiger partial charge in [0.2, 0.25) is 0 Å². The second-order valence-electron chi connectivity index (χ2n) is 9.55. The van der Waals surface area contributed by atoms with Gasteiger partial charge in [-0.2, -0.15) is 5.26 Å². The van der Waals surface area contributed by atoms with E-state index in [0.29, 0.717) is 0 Å². The lowest BCUT2D eigenvalue weighted by molar-refractivity contribution is 0.647. The number of imidazole rings is 1. The van der Waals surface area contributed by atoms with E-state index in [1.165, 1.54) is 22.5 Å². The van der Waals surface area contributed by atoms with E-state index in [9.17, 15) is 5.26 Å². The molecule has 1 aliphatic carbocycles. The van der Waals surface area contributed by atoms with E-state index in [2.05, 4.69) is 76.7 Å². The Morgan fingerprint density at radius 3 is 2.41 bits per heavy atom. The Kier molecular flexibility index (Phi) is 4.80. The molecule has 2 aliphatic rings. The fourth-order valence-corrected chi connectivity index (χ4v) is 5.08. The minimum atomic E-state index is -0.271. The summed E-state index contributed by atoms with van der Waals surface area (Å²) >= 11 is 0. The second kappa shape index (κ2) is 7.88. The summed E-state index contributed by atoms with van der Waals surface area (Å²) < 4.78 is 2.15. The van der Waals surface area contributed by atoms with Gasteiger partial charge in [0, 0.05) is 55.5 Å². The molecule has 1 aromatic carbocycles. The fraction of sp³-hybridized carbons (Fsp3) is 0.321. The number of anilines is 2. The van der Waals surface area contributed by atoms with Crippen molar-refractivity contribution >= 4 is 17.2 Å². The lowest BCUT2D eigenvalue weighted by Gasteiger charge is -2.37. The van der Waals surface area contributed by atoms with E-state index < -0.39 is 0 Å². The van der Waals surface area contributed by atoms with Crippen molar-refractivity contribution in [3.63, 3.8) is 0 Å². The number of pyridine rings is 2. The molecule has 2 fully saturated rings. The molecule has 0 radical (unpaired) electrons. The van der Waals surface area contributed by atoms with Gasteiger partial charge >= 0.3 is 0 Å². The summed E-state index contributed by atoms with van der Waals surface area (Å²) in [7, 11) is 0. The number of fused-ring (bicyclic) bond motifs is 1. The van der Waals surface area contributed by atoms with E-state index in [4.69, 9.17) is 9.97 Å². The van der Waals surface area contributed by atoms with Crippen molar-refractivity contribution in [3.8, 4) is 17.3 Å². The average Bonchev–Trinajstić information content (AvgIpc) is 3.63. The highest BCUT2D eigenvalue weighted by Gasteiger charge is 2.45. The summed E-state index contributed by atoms with van der Waals surface area (Å²) in [6.45, 7) is 8.03. The first-order valence-electron chi connectivity index (χ1n) is 12.0. The molecule has 0 atom stereocenters. The van der Waals surface area contributed by atoms with Gasteiger partial charge in [-0.1, -0.05) is 18.2 Å². The normalized spacial score (nSPS) is 17.1. The maximum Gasteiger partial charge on any atom is 0.137 e. The van der Waals surface area contributed by atoms with Gasteiger partial charge in [0.1, 0.15) is 11.5 Å². The zero-order chi connectivity index (χ0) is 23.3. The van der Waals surface area contributed by atoms with Crippen molar-refractivity contribution < 1.29 is 0 Å². The SMILES string of the molecule is Cc1ccc(N2CCN(c3ccc(C4(C#N)CC4)cn3)CC2)cc1-c1nc2ccccn2c1C. The monoisotopic (exact) mass is 448 g/mol. The van der Waals surface area contributed by atoms with Gasteiger partial charge in [-0.3, -0.25) is 0 Å². The summed E-state index contributed by atoms with van der Waals surface area (Å²) in [6, 6.07) is 19.5. The zero-order valence-electron chi connectivity index (χ0n) is 19.7. The Bertz CT molecular complexity index is 1400. The Balaban J connectivity index is 1.20. The molecule has 0 amide bonds. The topological polar surface area (TPSA) is 60.5 Å². The average molecular weight is 449 g/mol. The summed E-state index contributed by atoms with van der Waals surface area (Å²) in [4.78, 5) is 14.4. The molecule has 6 nitrogen and oxygen atoms in total. The Morgan fingerprint density at radius 2 is 1.74 bits per heavy atom. The van der Waals surface area contributed by atoms with Crippen LogP contribution in [0.4, 0.5) is 11.5 Å². The highest BCUT2D eigenvalue weighted by molar-refractivity contribution is 5.73. The summed E-state index contributed by atoms with van der Waals surface area (Å²) in [6.07, 6.45) is 5.89. The zero-order valence-corrected chi connectivity index (χ0v) is 19.7. The molecule has 1 aliphatic heterocycles. The molecule has 1 saturated heterocycles. The Labute approximate surface area is 200 Å². The van der Waals surface area contributed by atoms with E-state index in [-0.39, 0.29) is 5.41 Å². The first-order chi connectivity index (χ1) is 16.6. The number of benzene rings is 1. The Morgan fingerprint density at radius 1 is 0.941 bits per heavy atom. The van der Waals surface area contributed by atoms with E-state index in [0.717, 1.165) is 61.7 Å². The number of piperazine rings is 1. The van der Waals surface area contributed by atoms with E-state index >= 15 is 0 Å². The maximum absolute atomic E-state index is 9.43. The Hall–Kier alpha value is -3.85. The number of nitriles is 1. The van der Waals surface area contributed by atoms with Crippen molar-refractivity contribution in [1.29, 1.82) is 5.26 Å². The van der Waals surface area contributed by atoms with Crippen LogP contribution in [0.1, 0.15) is 29.7 Å². The smallest absolute Gasteiger partial charge is 0.137 e. The van der Waals surface area contributed by atoms with Crippen LogP contribution in [0.2, 0.25) is 0 Å². The maximum atomic E-state index is 9.43. The standard InChI is InChI=1S/C28H28N6/c1-20-6-8-23(17-24(20)27-21(2)34-12-4-3-5-26(34)31-27)32-13-15-33(16-14-32)25-9-7-22(18-30-25)28(19-29)10-11-28/h3-9,12,17-18H,10-11,13-16H2,1-2H3. The van der Waals surface area contributed by atoms with E-state index in [1.807, 2.05) is 18.3 Å². The molecule has 4 heterocycles. The molecule has 6 heteroatoms. The molecular weight excluding hydrogens is 420 g/mol. The van der Waals surface area contributed by atoms with Crippen molar-refractivity contribution in [1.82, 2.24) is 14.4 Å². The third-order valence-electron chi connectivity index (χ3n) is 7.48. The molecule has 0 N–H and O–H groups in total. The van der Waals surface area contributed by atoms with Crippen LogP contribution >= 0.6 is 0 Å². The predicted molar refractivity (Wildman–Crippen MR) is 135 cm³/mol. The third kappa shape index (κ3) is 3.40. The van der Waals surface area contributed by atoms with Gasteiger partial charge in [0.25, 0.3) is 0 Å². The molecule has 34 heavy (non-hydrogen) atoms. The van der Waals surface area contributed by atoms with Gasteiger partial charge in [-0.05, 0) is 68.1 Å². The molecule has 0 spiro atoms. The van der Waals surface area contributed by atoms with Crippen molar-refractivity contribution in [2.24, 2.45) is 0 Å². The molecule has 0 unspecified atom stereocenters. The highest BCUT2D eigenvalue weighted by Crippen LogP contribution is 2.47. The van der Waals surface area contributed by atoms with Crippen LogP contribution in [0, 0.1) is 25.2 Å². The largest absolute Gasteiger partial charge is 0.368 e. The minimum Gasteiger partial charge on any atom is -0.368 e. The van der Waals surface area contributed by atoms with Crippen molar-refractivity contribution in [2.75, 3.05) is 36.0 Å². The highest BCUT2D eigenvalue weighted by atomic mass is 15.3. The molecule has 170 valence electrons. The number of hydrogen-bond donors (Lipinski definition) is 0. The quantitative estimate of drug-likeness (QED) is 0.445. The number of aromatic nitrogens is 3. The van der Waals surface area contributed by atoms with Gasteiger partial charge in [0.15, 0.2) is 0 Å². The first-order valence-corrected chi connectivity index (χ1v) is 12.0. The number of aryl methyl sites for hydroxylation is 2. The predicted octanol–water partition coefficient (Wildman–Crippen LogP) is 4.89. The van der Waals surface area contributed by atoms with Gasteiger partial charge < -0.3 is 14.2 Å². The third-order valence-corrected chi connectivity index (χ3v) is 7.48. The van der Waals surface area contributed by atoms with Crippen LogP contribution in [0.5, 0.6) is 0 Å². The minimum absolute atomic E-state index is 0.271. The molecular formula is C28H28N6. The number of rotatable bonds is 4. The summed E-state index contributed by atoms with van der Waals surface area (Å²) in [5, 5.41) is 9.43. The van der Waals surface area contributed by atoms with Crippen LogP contribution in [0.3, 0.4) is 0 Å². The molecule has 6 rings (SSSR count). The second-order valence-corrected chi connectivity index (χ2v) is 9.55. The fourth-order valence-electron chi connectivity index (χ4n) is 5.08. The molecule has 0 bridgehead atoms. The molecule has 3 aromatic heterocycles. The van der Waals surface area contributed by atoms with E-state index in [1.54, 1.807) is 0 Å². The van der Waals surface area contributed by atoms with Crippen molar-refractivity contribution in [3.05, 3.63) is 77.7 Å². The summed E-state index contributed by atoms with van der Waals surface area (Å²) in [5.41, 5.74) is 7.67. The van der Waals surface area contributed by atoms with Gasteiger partial charge in [0.05, 0.1) is 17.2 Å². The van der Waals surface area contributed by atoms with Crippen LogP contribution in [-0.4, -0.2) is 40.5 Å². The van der Waals surface area contributed by atoms with Gasteiger partial charge in [-0.15, -0.1) is 0 Å². The molecule has 4 aromatic rings. The molecule has 1 saturated carbocycles. The lowest BCUT2D eigenvalue weighted by Crippen LogP contribution is -2.46. The van der Waals surface area contributed by atoms with Crippen LogP contribution in [-0.2, 0) is 5.41 Å². The number of hydrogen-bond acceptors (Lipinski definition) is 5. The lowest BCUT2D eigenvalue weighted by atomic mass is 10.00. The van der Waals surface area contributed by atoms with Crippen LogP contribution in [0.25, 0.3) is 16.9 Å². The van der Waals surface area contributed by atoms with Crippen molar-refractivity contribution in [2.45, 2.75) is 32.1 Å². The first kappa shape index (κ1) is 20.7.